The summed E-state index contributed by atoms with van der Waals surface area (Å²) in [5, 5.41) is 8.55. The Labute approximate surface area is 121 Å². The highest BCUT2D eigenvalue weighted by molar-refractivity contribution is 7.98. The molecule has 2 aromatic rings. The van der Waals surface area contributed by atoms with E-state index in [1.54, 1.807) is 17.8 Å². The number of carboxylic acids is 1. The molecule has 0 spiro atoms. The molecule has 0 aliphatic carbocycles. The summed E-state index contributed by atoms with van der Waals surface area (Å²) in [6.45, 7) is 0. The van der Waals surface area contributed by atoms with Crippen molar-refractivity contribution in [1.82, 2.24) is 0 Å². The predicted octanol–water partition coefficient (Wildman–Crippen LogP) is 4.30. The minimum Gasteiger partial charge on any atom is -0.478 e. The minimum atomic E-state index is -0.959. The summed E-state index contributed by atoms with van der Waals surface area (Å²) in [5.74, 6) is 0.533. The highest BCUT2D eigenvalue weighted by Gasteiger charge is 1.98. The number of aliphatic carboxylic acids is 1. The number of rotatable bonds is 5. The molecule has 0 bridgehead atoms. The maximum Gasteiger partial charge on any atom is 0.328 e. The molecule has 0 aromatic heterocycles. The highest BCUT2D eigenvalue weighted by Crippen LogP contribution is 2.24. The van der Waals surface area contributed by atoms with E-state index in [4.69, 9.17) is 9.84 Å². The molecule has 0 amide bonds. The van der Waals surface area contributed by atoms with Gasteiger partial charge in [0.1, 0.15) is 11.5 Å². The van der Waals surface area contributed by atoms with Crippen molar-refractivity contribution in [3.63, 3.8) is 0 Å². The van der Waals surface area contributed by atoms with Crippen LogP contribution in [0.15, 0.2) is 59.5 Å². The normalized spacial score (nSPS) is 10.7. The van der Waals surface area contributed by atoms with Crippen LogP contribution in [-0.2, 0) is 4.79 Å². The Balaban J connectivity index is 2.04. The van der Waals surface area contributed by atoms with Crippen molar-refractivity contribution in [2.75, 3.05) is 6.26 Å². The molecule has 0 radical (unpaired) electrons. The van der Waals surface area contributed by atoms with Crippen molar-refractivity contribution in [1.29, 1.82) is 0 Å². The summed E-state index contributed by atoms with van der Waals surface area (Å²) < 4.78 is 5.71. The zero-order valence-electron chi connectivity index (χ0n) is 10.9. The molecule has 2 aromatic carbocycles. The molecule has 2 rings (SSSR count). The first-order chi connectivity index (χ1) is 9.67. The third kappa shape index (κ3) is 4.17. The van der Waals surface area contributed by atoms with Gasteiger partial charge in [0.15, 0.2) is 0 Å². The zero-order valence-corrected chi connectivity index (χ0v) is 11.8. The molecule has 0 aliphatic rings. The van der Waals surface area contributed by atoms with Gasteiger partial charge in [-0.05, 0) is 54.3 Å². The number of carboxylic acid groups (broad SMARTS) is 1. The van der Waals surface area contributed by atoms with Crippen LogP contribution in [0, 0.1) is 0 Å². The SMILES string of the molecule is CSc1ccc(Oc2ccc(C=CC(=O)O)cc2)cc1. The molecule has 0 saturated heterocycles. The van der Waals surface area contributed by atoms with Crippen molar-refractivity contribution < 1.29 is 14.6 Å². The lowest BCUT2D eigenvalue weighted by Gasteiger charge is -2.06. The van der Waals surface area contributed by atoms with Gasteiger partial charge in [0, 0.05) is 11.0 Å². The van der Waals surface area contributed by atoms with Crippen LogP contribution in [0.5, 0.6) is 11.5 Å². The second-order valence-corrected chi connectivity index (χ2v) is 4.90. The Kier molecular flexibility index (Phi) is 4.85. The maximum atomic E-state index is 10.4. The Morgan fingerprint density at radius 3 is 2.10 bits per heavy atom. The van der Waals surface area contributed by atoms with Crippen LogP contribution in [-0.4, -0.2) is 17.3 Å². The molecule has 20 heavy (non-hydrogen) atoms. The molecule has 1 N–H and O–H groups in total. The molecule has 0 heterocycles. The first kappa shape index (κ1) is 14.2. The van der Waals surface area contributed by atoms with Gasteiger partial charge in [-0.25, -0.2) is 4.79 Å². The standard InChI is InChI=1S/C16H14O3S/c1-20-15-9-7-14(8-10-15)19-13-5-2-12(3-6-13)4-11-16(17)18/h2-11H,1H3,(H,17,18). The van der Waals surface area contributed by atoms with E-state index in [1.165, 1.54) is 4.90 Å². The molecule has 4 heteroatoms. The van der Waals surface area contributed by atoms with Crippen molar-refractivity contribution >= 4 is 23.8 Å². The molecule has 0 unspecified atom stereocenters. The summed E-state index contributed by atoms with van der Waals surface area (Å²) >= 11 is 1.68. The summed E-state index contributed by atoms with van der Waals surface area (Å²) in [6.07, 6.45) is 4.68. The average molecular weight is 286 g/mol. The van der Waals surface area contributed by atoms with E-state index in [0.717, 1.165) is 23.1 Å². The molecule has 3 nitrogen and oxygen atoms in total. The maximum absolute atomic E-state index is 10.4. The lowest BCUT2D eigenvalue weighted by Crippen LogP contribution is -1.86. The first-order valence-corrected chi connectivity index (χ1v) is 7.23. The monoisotopic (exact) mass is 286 g/mol. The number of benzene rings is 2. The summed E-state index contributed by atoms with van der Waals surface area (Å²) in [7, 11) is 0. The van der Waals surface area contributed by atoms with Crippen LogP contribution in [0.2, 0.25) is 0 Å². The first-order valence-electron chi connectivity index (χ1n) is 6.00. The quantitative estimate of drug-likeness (QED) is 0.657. The van der Waals surface area contributed by atoms with Gasteiger partial charge in [0.25, 0.3) is 0 Å². The van der Waals surface area contributed by atoms with Gasteiger partial charge < -0.3 is 9.84 Å². The molecule has 102 valence electrons. The second kappa shape index (κ2) is 6.82. The fourth-order valence-electron chi connectivity index (χ4n) is 1.59. The van der Waals surface area contributed by atoms with E-state index in [0.29, 0.717) is 0 Å². The molecule has 0 fully saturated rings. The summed E-state index contributed by atoms with van der Waals surface area (Å²) in [5.41, 5.74) is 0.817. The second-order valence-electron chi connectivity index (χ2n) is 4.02. The molecular weight excluding hydrogens is 272 g/mol. The third-order valence-electron chi connectivity index (χ3n) is 2.59. The Bertz CT molecular complexity index is 601. The van der Waals surface area contributed by atoms with Crippen LogP contribution >= 0.6 is 11.8 Å². The van der Waals surface area contributed by atoms with Crippen LogP contribution in [0.4, 0.5) is 0 Å². The Morgan fingerprint density at radius 1 is 1.05 bits per heavy atom. The van der Waals surface area contributed by atoms with Crippen molar-refractivity contribution in [3.05, 3.63) is 60.2 Å². The Morgan fingerprint density at radius 2 is 1.60 bits per heavy atom. The van der Waals surface area contributed by atoms with Crippen LogP contribution in [0.1, 0.15) is 5.56 Å². The van der Waals surface area contributed by atoms with Gasteiger partial charge in [0.2, 0.25) is 0 Å². The fraction of sp³-hybridized carbons (Fsp3) is 0.0625. The number of hydrogen-bond acceptors (Lipinski definition) is 3. The molecule has 0 aliphatic heterocycles. The van der Waals surface area contributed by atoms with Crippen molar-refractivity contribution in [2.24, 2.45) is 0 Å². The largest absolute Gasteiger partial charge is 0.478 e. The van der Waals surface area contributed by atoms with E-state index >= 15 is 0 Å². The smallest absolute Gasteiger partial charge is 0.328 e. The van der Waals surface area contributed by atoms with Gasteiger partial charge in [-0.15, -0.1) is 11.8 Å². The Hall–Kier alpha value is -2.20. The van der Waals surface area contributed by atoms with E-state index in [1.807, 2.05) is 54.8 Å². The van der Waals surface area contributed by atoms with Crippen LogP contribution in [0.25, 0.3) is 6.08 Å². The summed E-state index contributed by atoms with van der Waals surface area (Å²) in [4.78, 5) is 11.6. The van der Waals surface area contributed by atoms with E-state index < -0.39 is 5.97 Å². The van der Waals surface area contributed by atoms with Crippen LogP contribution in [0.3, 0.4) is 0 Å². The van der Waals surface area contributed by atoms with Gasteiger partial charge in [-0.3, -0.25) is 0 Å². The number of carbonyl (C=O) groups is 1. The molecule has 0 saturated carbocycles. The summed E-state index contributed by atoms with van der Waals surface area (Å²) in [6, 6.07) is 15.1. The van der Waals surface area contributed by atoms with E-state index in [2.05, 4.69) is 0 Å². The van der Waals surface area contributed by atoms with Gasteiger partial charge >= 0.3 is 5.97 Å². The lowest BCUT2D eigenvalue weighted by molar-refractivity contribution is -0.131. The van der Waals surface area contributed by atoms with Gasteiger partial charge in [-0.2, -0.15) is 0 Å². The van der Waals surface area contributed by atoms with E-state index in [9.17, 15) is 4.79 Å². The number of hydrogen-bond donors (Lipinski definition) is 1. The number of ether oxygens (including phenoxy) is 1. The molecular formula is C16H14O3S. The van der Waals surface area contributed by atoms with Gasteiger partial charge in [0.05, 0.1) is 0 Å². The fourth-order valence-corrected chi connectivity index (χ4v) is 2.00. The average Bonchev–Trinajstić information content (AvgIpc) is 2.47. The highest BCUT2D eigenvalue weighted by atomic mass is 32.2. The van der Waals surface area contributed by atoms with Crippen molar-refractivity contribution in [3.8, 4) is 11.5 Å². The van der Waals surface area contributed by atoms with Crippen molar-refractivity contribution in [2.45, 2.75) is 4.90 Å². The predicted molar refractivity (Wildman–Crippen MR) is 81.4 cm³/mol. The number of thioether (sulfide) groups is 1. The lowest BCUT2D eigenvalue weighted by atomic mass is 10.2. The van der Waals surface area contributed by atoms with E-state index in [-0.39, 0.29) is 0 Å². The third-order valence-corrected chi connectivity index (χ3v) is 3.34. The minimum absolute atomic E-state index is 0.717. The van der Waals surface area contributed by atoms with Crippen LogP contribution < -0.4 is 4.74 Å². The zero-order chi connectivity index (χ0) is 14.4. The topological polar surface area (TPSA) is 46.5 Å². The molecule has 0 atom stereocenters. The van der Waals surface area contributed by atoms with Gasteiger partial charge in [-0.1, -0.05) is 12.1 Å².